The molecule has 2 amide bonds. The molecular formula is C14H25N3O3. The minimum absolute atomic E-state index is 0.0346. The summed E-state index contributed by atoms with van der Waals surface area (Å²) in [7, 11) is 1.62. The van der Waals surface area contributed by atoms with Gasteiger partial charge in [0, 0.05) is 33.2 Å². The molecule has 20 heavy (non-hydrogen) atoms. The Morgan fingerprint density at radius 3 is 2.65 bits per heavy atom. The van der Waals surface area contributed by atoms with E-state index >= 15 is 0 Å². The number of carbonyl (C=O) groups excluding carboxylic acids is 2. The van der Waals surface area contributed by atoms with Crippen molar-refractivity contribution in [3.63, 3.8) is 0 Å². The SMILES string of the molecule is COC1(C(=O)N2CCCC(NC(C)=O)C2)CCNCC1. The van der Waals surface area contributed by atoms with Crippen molar-refractivity contribution < 1.29 is 14.3 Å². The van der Waals surface area contributed by atoms with Gasteiger partial charge in [0.05, 0.1) is 0 Å². The van der Waals surface area contributed by atoms with Crippen LogP contribution in [0.2, 0.25) is 0 Å². The predicted molar refractivity (Wildman–Crippen MR) is 75.3 cm³/mol. The number of amides is 2. The normalized spacial score (nSPS) is 26.1. The molecule has 2 N–H and O–H groups in total. The van der Waals surface area contributed by atoms with Crippen LogP contribution in [0.3, 0.4) is 0 Å². The lowest BCUT2D eigenvalue weighted by molar-refractivity contribution is -0.160. The minimum Gasteiger partial charge on any atom is -0.368 e. The summed E-state index contributed by atoms with van der Waals surface area (Å²) >= 11 is 0. The van der Waals surface area contributed by atoms with E-state index in [9.17, 15) is 9.59 Å². The molecule has 2 aliphatic heterocycles. The molecule has 1 unspecified atom stereocenters. The van der Waals surface area contributed by atoms with Crippen LogP contribution in [-0.4, -0.2) is 61.6 Å². The van der Waals surface area contributed by atoms with Gasteiger partial charge in [-0.15, -0.1) is 0 Å². The summed E-state index contributed by atoms with van der Waals surface area (Å²) < 4.78 is 5.59. The number of nitrogens with one attached hydrogen (secondary N) is 2. The van der Waals surface area contributed by atoms with Crippen LogP contribution in [0, 0.1) is 0 Å². The number of hydrogen-bond acceptors (Lipinski definition) is 4. The van der Waals surface area contributed by atoms with Gasteiger partial charge in [-0.3, -0.25) is 9.59 Å². The minimum atomic E-state index is -0.677. The van der Waals surface area contributed by atoms with Crippen molar-refractivity contribution in [3.8, 4) is 0 Å². The van der Waals surface area contributed by atoms with Gasteiger partial charge in [-0.1, -0.05) is 0 Å². The molecule has 2 heterocycles. The van der Waals surface area contributed by atoms with Crippen LogP contribution in [0.5, 0.6) is 0 Å². The van der Waals surface area contributed by atoms with Crippen LogP contribution in [0.15, 0.2) is 0 Å². The van der Waals surface area contributed by atoms with Crippen molar-refractivity contribution in [2.24, 2.45) is 0 Å². The van der Waals surface area contributed by atoms with Gasteiger partial charge in [-0.05, 0) is 38.8 Å². The molecule has 2 rings (SSSR count). The highest BCUT2D eigenvalue weighted by atomic mass is 16.5. The van der Waals surface area contributed by atoms with Crippen LogP contribution in [0.1, 0.15) is 32.6 Å². The molecule has 0 spiro atoms. The molecule has 1 atom stereocenters. The van der Waals surface area contributed by atoms with Gasteiger partial charge in [-0.25, -0.2) is 0 Å². The van der Waals surface area contributed by atoms with Crippen LogP contribution in [0.25, 0.3) is 0 Å². The first-order valence-corrected chi connectivity index (χ1v) is 7.40. The summed E-state index contributed by atoms with van der Waals surface area (Å²) in [5.41, 5.74) is -0.677. The zero-order valence-electron chi connectivity index (χ0n) is 12.4. The molecular weight excluding hydrogens is 258 g/mol. The topological polar surface area (TPSA) is 70.7 Å². The smallest absolute Gasteiger partial charge is 0.254 e. The Morgan fingerprint density at radius 1 is 1.35 bits per heavy atom. The van der Waals surface area contributed by atoms with Gasteiger partial charge in [0.2, 0.25) is 5.91 Å². The van der Waals surface area contributed by atoms with E-state index in [0.29, 0.717) is 19.4 Å². The van der Waals surface area contributed by atoms with Gasteiger partial charge in [0.1, 0.15) is 5.60 Å². The van der Waals surface area contributed by atoms with E-state index in [-0.39, 0.29) is 17.9 Å². The van der Waals surface area contributed by atoms with Gasteiger partial charge in [0.15, 0.2) is 0 Å². The Hall–Kier alpha value is -1.14. The van der Waals surface area contributed by atoms with Crippen LogP contribution in [0.4, 0.5) is 0 Å². The maximum atomic E-state index is 12.8. The Labute approximate surface area is 120 Å². The molecule has 2 saturated heterocycles. The van der Waals surface area contributed by atoms with Gasteiger partial charge in [0.25, 0.3) is 5.91 Å². The molecule has 0 aromatic carbocycles. The molecule has 0 aliphatic carbocycles. The average molecular weight is 283 g/mol. The van der Waals surface area contributed by atoms with E-state index in [2.05, 4.69) is 10.6 Å². The maximum absolute atomic E-state index is 12.8. The quantitative estimate of drug-likeness (QED) is 0.758. The van der Waals surface area contributed by atoms with Crippen LogP contribution < -0.4 is 10.6 Å². The Morgan fingerprint density at radius 2 is 2.05 bits per heavy atom. The molecule has 0 bridgehead atoms. The second kappa shape index (κ2) is 6.54. The van der Waals surface area contributed by atoms with E-state index in [1.807, 2.05) is 4.90 Å². The molecule has 0 aromatic heterocycles. The number of piperidine rings is 2. The summed E-state index contributed by atoms with van der Waals surface area (Å²) in [5, 5.41) is 6.17. The first kappa shape index (κ1) is 15.3. The molecule has 6 nitrogen and oxygen atoms in total. The summed E-state index contributed by atoms with van der Waals surface area (Å²) in [6, 6.07) is 0.0702. The second-order valence-electron chi connectivity index (χ2n) is 5.74. The molecule has 6 heteroatoms. The number of carbonyl (C=O) groups is 2. The van der Waals surface area contributed by atoms with E-state index in [1.165, 1.54) is 6.92 Å². The summed E-state index contributed by atoms with van der Waals surface area (Å²) in [6.45, 7) is 4.49. The zero-order chi connectivity index (χ0) is 14.6. The molecule has 2 aliphatic rings. The third-order valence-electron chi connectivity index (χ3n) is 4.31. The monoisotopic (exact) mass is 283 g/mol. The largest absolute Gasteiger partial charge is 0.368 e. The summed E-state index contributed by atoms with van der Waals surface area (Å²) in [5.74, 6) is 0.0455. The molecule has 0 aromatic rings. The number of ether oxygens (including phenoxy) is 1. The van der Waals surface area contributed by atoms with Crippen molar-refractivity contribution >= 4 is 11.8 Å². The van der Waals surface area contributed by atoms with Gasteiger partial charge >= 0.3 is 0 Å². The summed E-state index contributed by atoms with van der Waals surface area (Å²) in [6.07, 6.45) is 3.28. The molecule has 2 fully saturated rings. The summed E-state index contributed by atoms with van der Waals surface area (Å²) in [4.78, 5) is 25.8. The number of rotatable bonds is 3. The lowest BCUT2D eigenvalue weighted by Gasteiger charge is -2.41. The Bertz CT molecular complexity index is 367. The third-order valence-corrected chi connectivity index (χ3v) is 4.31. The van der Waals surface area contributed by atoms with Gasteiger partial charge < -0.3 is 20.3 Å². The standard InChI is InChI=1S/C14H25N3O3/c1-11(18)16-12-4-3-9-17(10-12)13(19)14(20-2)5-7-15-8-6-14/h12,15H,3-10H2,1-2H3,(H,16,18). The fraction of sp³-hybridized carbons (Fsp3) is 0.857. The lowest BCUT2D eigenvalue weighted by Crippen LogP contribution is -2.59. The number of methoxy groups -OCH3 is 1. The highest BCUT2D eigenvalue weighted by Crippen LogP contribution is 2.26. The third kappa shape index (κ3) is 3.30. The second-order valence-corrected chi connectivity index (χ2v) is 5.74. The molecule has 0 radical (unpaired) electrons. The highest BCUT2D eigenvalue weighted by Gasteiger charge is 2.43. The fourth-order valence-corrected chi connectivity index (χ4v) is 3.19. The number of nitrogens with zero attached hydrogens (tertiary/aromatic N) is 1. The number of likely N-dealkylation sites (tertiary alicyclic amines) is 1. The van der Waals surface area contributed by atoms with Crippen molar-refractivity contribution in [2.75, 3.05) is 33.3 Å². The first-order chi connectivity index (χ1) is 9.57. The van der Waals surface area contributed by atoms with Crippen molar-refractivity contribution in [3.05, 3.63) is 0 Å². The lowest BCUT2D eigenvalue weighted by atomic mass is 9.89. The van der Waals surface area contributed by atoms with Crippen molar-refractivity contribution in [1.29, 1.82) is 0 Å². The van der Waals surface area contributed by atoms with Crippen LogP contribution in [-0.2, 0) is 14.3 Å². The Balaban J connectivity index is 2.01. The van der Waals surface area contributed by atoms with E-state index in [4.69, 9.17) is 4.74 Å². The number of hydrogen-bond donors (Lipinski definition) is 2. The van der Waals surface area contributed by atoms with Gasteiger partial charge in [-0.2, -0.15) is 0 Å². The zero-order valence-corrected chi connectivity index (χ0v) is 12.4. The van der Waals surface area contributed by atoms with Crippen molar-refractivity contribution in [2.45, 2.75) is 44.2 Å². The Kier molecular flexibility index (Phi) is 4.99. The fourth-order valence-electron chi connectivity index (χ4n) is 3.19. The van der Waals surface area contributed by atoms with E-state index < -0.39 is 5.60 Å². The van der Waals surface area contributed by atoms with Crippen LogP contribution >= 0.6 is 0 Å². The van der Waals surface area contributed by atoms with E-state index in [0.717, 1.165) is 32.5 Å². The molecule has 0 saturated carbocycles. The maximum Gasteiger partial charge on any atom is 0.254 e. The first-order valence-electron chi connectivity index (χ1n) is 7.40. The van der Waals surface area contributed by atoms with E-state index in [1.54, 1.807) is 7.11 Å². The highest BCUT2D eigenvalue weighted by molar-refractivity contribution is 5.85. The average Bonchev–Trinajstić information content (AvgIpc) is 2.47. The molecule has 114 valence electrons. The predicted octanol–water partition coefficient (Wildman–Crippen LogP) is -0.118. The van der Waals surface area contributed by atoms with Crippen molar-refractivity contribution in [1.82, 2.24) is 15.5 Å².